The third kappa shape index (κ3) is 4.58. The Bertz CT molecular complexity index is 796. The molecule has 0 spiro atoms. The van der Waals surface area contributed by atoms with E-state index in [0.717, 1.165) is 27.8 Å². The van der Waals surface area contributed by atoms with Crippen molar-refractivity contribution in [3.8, 4) is 16.9 Å². The molecule has 130 valence electrons. The molecule has 1 N–H and O–H groups in total. The second-order valence-electron chi connectivity index (χ2n) is 6.03. The summed E-state index contributed by atoms with van der Waals surface area (Å²) in [6, 6.07) is 12.0. The van der Waals surface area contributed by atoms with Gasteiger partial charge in [-0.3, -0.25) is 0 Å². The summed E-state index contributed by atoms with van der Waals surface area (Å²) in [6.07, 6.45) is 1.65. The summed E-state index contributed by atoms with van der Waals surface area (Å²) in [5.41, 5.74) is 5.00. The lowest BCUT2D eigenvalue weighted by Gasteiger charge is -2.18. The molecule has 0 fully saturated rings. The Morgan fingerprint density at radius 1 is 1.12 bits per heavy atom. The van der Waals surface area contributed by atoms with Gasteiger partial charge < -0.3 is 9.84 Å². The van der Waals surface area contributed by atoms with Gasteiger partial charge in [0.15, 0.2) is 0 Å². The maximum atomic E-state index is 11.2. The average Bonchev–Trinajstić information content (AvgIpc) is 2.51. The fourth-order valence-corrected chi connectivity index (χ4v) is 3.51. The Kier molecular flexibility index (Phi) is 6.02. The summed E-state index contributed by atoms with van der Waals surface area (Å²) in [5, 5.41) is 9.77. The summed E-state index contributed by atoms with van der Waals surface area (Å²) >= 11 is 0. The number of aryl methyl sites for hydroxylation is 1. The number of aliphatic hydroxyl groups excluding tert-OH is 1. The molecule has 24 heavy (non-hydrogen) atoms. The topological polar surface area (TPSA) is 63.6 Å². The van der Waals surface area contributed by atoms with Gasteiger partial charge in [0.05, 0.1) is 19.0 Å². The zero-order valence-electron chi connectivity index (χ0n) is 14.4. The third-order valence-electron chi connectivity index (χ3n) is 4.00. The summed E-state index contributed by atoms with van der Waals surface area (Å²) < 4.78 is 28.1. The Balaban J connectivity index is 2.28. The summed E-state index contributed by atoms with van der Waals surface area (Å²) in [4.78, 5) is 0. The molecule has 0 aliphatic rings. The van der Waals surface area contributed by atoms with Crippen molar-refractivity contribution in [3.63, 3.8) is 0 Å². The molecule has 0 aromatic heterocycles. The zero-order valence-corrected chi connectivity index (χ0v) is 15.2. The predicted octanol–water partition coefficient (Wildman–Crippen LogP) is 3.28. The lowest BCUT2D eigenvalue weighted by atomic mass is 9.92. The maximum absolute atomic E-state index is 11.2. The van der Waals surface area contributed by atoms with Crippen LogP contribution < -0.4 is 4.74 Å². The molecule has 0 atom stereocenters. The highest BCUT2D eigenvalue weighted by molar-refractivity contribution is 7.90. The molecular formula is C19H24O4S. The molecule has 2 rings (SSSR count). The van der Waals surface area contributed by atoms with Gasteiger partial charge in [-0.2, -0.15) is 0 Å². The SMILES string of the molecule is Cc1cc(OCCCS(C)(=O)=O)c(CO)c(C)c1-c1ccccc1. The van der Waals surface area contributed by atoms with Gasteiger partial charge in [0, 0.05) is 11.8 Å². The van der Waals surface area contributed by atoms with E-state index in [0.29, 0.717) is 18.8 Å². The minimum Gasteiger partial charge on any atom is -0.493 e. The first-order chi connectivity index (χ1) is 11.3. The number of rotatable bonds is 7. The third-order valence-corrected chi connectivity index (χ3v) is 5.03. The Morgan fingerprint density at radius 2 is 1.79 bits per heavy atom. The highest BCUT2D eigenvalue weighted by Gasteiger charge is 2.15. The lowest BCUT2D eigenvalue weighted by molar-refractivity contribution is 0.262. The van der Waals surface area contributed by atoms with Crippen LogP contribution in [-0.4, -0.2) is 32.1 Å². The first-order valence-corrected chi connectivity index (χ1v) is 9.99. The fraction of sp³-hybridized carbons (Fsp3) is 0.368. The Labute approximate surface area is 144 Å². The van der Waals surface area contributed by atoms with Crippen LogP contribution in [0.15, 0.2) is 36.4 Å². The van der Waals surface area contributed by atoms with Gasteiger partial charge in [-0.25, -0.2) is 8.42 Å². The van der Waals surface area contributed by atoms with Crippen LogP contribution in [0.25, 0.3) is 11.1 Å². The molecule has 5 heteroatoms. The van der Waals surface area contributed by atoms with Gasteiger partial charge in [-0.05, 0) is 48.6 Å². The van der Waals surface area contributed by atoms with Crippen LogP contribution in [-0.2, 0) is 16.4 Å². The standard InChI is InChI=1S/C19H24O4S/c1-14-12-18(23-10-7-11-24(3,21)22)17(13-20)15(2)19(14)16-8-5-4-6-9-16/h4-6,8-9,12,20H,7,10-11,13H2,1-3H3. The molecule has 0 radical (unpaired) electrons. The monoisotopic (exact) mass is 348 g/mol. The van der Waals surface area contributed by atoms with Gasteiger partial charge in [0.25, 0.3) is 0 Å². The van der Waals surface area contributed by atoms with Crippen molar-refractivity contribution in [2.45, 2.75) is 26.9 Å². The van der Waals surface area contributed by atoms with Crippen molar-refractivity contribution in [1.82, 2.24) is 0 Å². The molecule has 0 aliphatic carbocycles. The minimum absolute atomic E-state index is 0.0987. The predicted molar refractivity (Wildman–Crippen MR) is 97.1 cm³/mol. The van der Waals surface area contributed by atoms with Gasteiger partial charge in [0.1, 0.15) is 15.6 Å². The molecular weight excluding hydrogens is 324 g/mol. The van der Waals surface area contributed by atoms with Crippen molar-refractivity contribution in [3.05, 3.63) is 53.1 Å². The van der Waals surface area contributed by atoms with Crippen LogP contribution in [0, 0.1) is 13.8 Å². The number of sulfone groups is 1. The molecule has 0 saturated heterocycles. The zero-order chi connectivity index (χ0) is 17.7. The second-order valence-corrected chi connectivity index (χ2v) is 8.29. The molecule has 0 heterocycles. The molecule has 0 bridgehead atoms. The van der Waals surface area contributed by atoms with Gasteiger partial charge in [-0.15, -0.1) is 0 Å². The highest BCUT2D eigenvalue weighted by atomic mass is 32.2. The number of hydrogen-bond acceptors (Lipinski definition) is 4. The van der Waals surface area contributed by atoms with Crippen molar-refractivity contribution in [2.24, 2.45) is 0 Å². The van der Waals surface area contributed by atoms with Crippen LogP contribution in [0.3, 0.4) is 0 Å². The first-order valence-electron chi connectivity index (χ1n) is 7.93. The fourth-order valence-electron chi connectivity index (χ4n) is 2.86. The smallest absolute Gasteiger partial charge is 0.147 e. The van der Waals surface area contributed by atoms with Crippen molar-refractivity contribution < 1.29 is 18.3 Å². The molecule has 2 aromatic carbocycles. The Morgan fingerprint density at radius 3 is 2.38 bits per heavy atom. The Hall–Kier alpha value is -1.85. The van der Waals surface area contributed by atoms with E-state index in [-0.39, 0.29) is 12.4 Å². The molecule has 0 amide bonds. The largest absolute Gasteiger partial charge is 0.493 e. The summed E-state index contributed by atoms with van der Waals surface area (Å²) in [6.45, 7) is 4.18. The molecule has 0 aliphatic heterocycles. The van der Waals surface area contributed by atoms with E-state index in [1.807, 2.05) is 50.2 Å². The van der Waals surface area contributed by atoms with Crippen LogP contribution in [0.1, 0.15) is 23.1 Å². The van der Waals surface area contributed by atoms with Crippen molar-refractivity contribution >= 4 is 9.84 Å². The van der Waals surface area contributed by atoms with E-state index in [9.17, 15) is 13.5 Å². The van der Waals surface area contributed by atoms with E-state index in [2.05, 4.69) is 0 Å². The summed E-state index contributed by atoms with van der Waals surface area (Å²) in [7, 11) is -2.98. The normalized spacial score (nSPS) is 11.5. The van der Waals surface area contributed by atoms with Crippen molar-refractivity contribution in [1.29, 1.82) is 0 Å². The summed E-state index contributed by atoms with van der Waals surface area (Å²) in [5.74, 6) is 0.724. The van der Waals surface area contributed by atoms with Crippen LogP contribution >= 0.6 is 0 Å². The number of hydrogen-bond donors (Lipinski definition) is 1. The quantitative estimate of drug-likeness (QED) is 0.780. The van der Waals surface area contributed by atoms with Crippen LogP contribution in [0.4, 0.5) is 0 Å². The molecule has 0 unspecified atom stereocenters. The van der Waals surface area contributed by atoms with E-state index in [1.165, 1.54) is 6.26 Å². The lowest BCUT2D eigenvalue weighted by Crippen LogP contribution is -2.09. The van der Waals surface area contributed by atoms with Crippen LogP contribution in [0.5, 0.6) is 5.75 Å². The number of aliphatic hydroxyl groups is 1. The van der Waals surface area contributed by atoms with E-state index >= 15 is 0 Å². The van der Waals surface area contributed by atoms with Crippen molar-refractivity contribution in [2.75, 3.05) is 18.6 Å². The molecule has 2 aromatic rings. The number of ether oxygens (including phenoxy) is 1. The molecule has 4 nitrogen and oxygen atoms in total. The second kappa shape index (κ2) is 7.81. The first kappa shape index (κ1) is 18.5. The highest BCUT2D eigenvalue weighted by Crippen LogP contribution is 2.35. The van der Waals surface area contributed by atoms with Gasteiger partial charge in [0.2, 0.25) is 0 Å². The average molecular weight is 348 g/mol. The van der Waals surface area contributed by atoms with Crippen LogP contribution in [0.2, 0.25) is 0 Å². The van der Waals surface area contributed by atoms with Gasteiger partial charge in [-0.1, -0.05) is 30.3 Å². The number of benzene rings is 2. The van der Waals surface area contributed by atoms with E-state index in [4.69, 9.17) is 4.74 Å². The molecule has 0 saturated carbocycles. The maximum Gasteiger partial charge on any atom is 0.147 e. The van der Waals surface area contributed by atoms with E-state index in [1.54, 1.807) is 0 Å². The van der Waals surface area contributed by atoms with Gasteiger partial charge >= 0.3 is 0 Å². The minimum atomic E-state index is -2.98. The van der Waals surface area contributed by atoms with E-state index < -0.39 is 9.84 Å².